The minimum atomic E-state index is -0.955. The average Bonchev–Trinajstić information content (AvgIpc) is 3.39. The van der Waals surface area contributed by atoms with Gasteiger partial charge in [0.05, 0.1) is 34.5 Å². The van der Waals surface area contributed by atoms with E-state index >= 15 is 0 Å². The van der Waals surface area contributed by atoms with Crippen molar-refractivity contribution in [3.05, 3.63) is 34.9 Å². The van der Waals surface area contributed by atoms with E-state index in [9.17, 15) is 9.90 Å². The molecule has 1 N–H and O–H groups in total. The topological polar surface area (TPSA) is 102 Å². The minimum absolute atomic E-state index is 0.0232. The van der Waals surface area contributed by atoms with E-state index < -0.39 is 18.2 Å². The van der Waals surface area contributed by atoms with Crippen LogP contribution in [0.1, 0.15) is 51.0 Å². The fourth-order valence-corrected chi connectivity index (χ4v) is 5.00. The lowest BCUT2D eigenvalue weighted by molar-refractivity contribution is -0.149. The largest absolute Gasteiger partial charge is 0.493 e. The number of ether oxygens (including phenoxy) is 7. The van der Waals surface area contributed by atoms with Gasteiger partial charge in [0.1, 0.15) is 6.10 Å². The van der Waals surface area contributed by atoms with E-state index in [2.05, 4.69) is 0 Å². The molecule has 0 saturated heterocycles. The van der Waals surface area contributed by atoms with Gasteiger partial charge in [-0.3, -0.25) is 0 Å². The fourth-order valence-electron chi connectivity index (χ4n) is 5.00. The van der Waals surface area contributed by atoms with Crippen molar-refractivity contribution in [1.82, 2.24) is 0 Å². The summed E-state index contributed by atoms with van der Waals surface area (Å²) in [5.74, 6) is 1.25. The summed E-state index contributed by atoms with van der Waals surface area (Å²) >= 11 is 0. The van der Waals surface area contributed by atoms with Gasteiger partial charge < -0.3 is 38.3 Å². The smallest absolute Gasteiger partial charge is 0.333 e. The highest BCUT2D eigenvalue weighted by atomic mass is 16.7. The number of aliphatic hydroxyl groups excluding tert-OH is 1. The average molecular weight is 515 g/mol. The lowest BCUT2D eigenvalue weighted by Crippen LogP contribution is -2.29. The number of fused-ring (bicyclic) bond motifs is 4. The quantitative estimate of drug-likeness (QED) is 0.422. The normalized spacial score (nSPS) is 22.2. The van der Waals surface area contributed by atoms with Crippen molar-refractivity contribution in [3.63, 3.8) is 0 Å². The minimum Gasteiger partial charge on any atom is -0.493 e. The molecule has 1 aliphatic heterocycles. The third kappa shape index (κ3) is 4.21. The van der Waals surface area contributed by atoms with Crippen LogP contribution in [-0.2, 0) is 9.53 Å². The van der Waals surface area contributed by atoms with Gasteiger partial charge in [0.25, 0.3) is 0 Å². The zero-order valence-electron chi connectivity index (χ0n) is 22.5. The molecule has 0 unspecified atom stereocenters. The van der Waals surface area contributed by atoms with Crippen LogP contribution in [-0.4, -0.2) is 46.3 Å². The predicted octanol–water partition coefficient (Wildman–Crippen LogP) is 4.99. The number of methoxy groups -OCH3 is 4. The van der Waals surface area contributed by atoms with Crippen molar-refractivity contribution in [2.45, 2.75) is 39.9 Å². The maximum Gasteiger partial charge on any atom is 0.333 e. The molecule has 0 saturated carbocycles. The number of rotatable bonds is 6. The summed E-state index contributed by atoms with van der Waals surface area (Å²) in [6, 6.07) is 3.55. The maximum atomic E-state index is 13.0. The molecule has 2 aromatic rings. The molecule has 9 nitrogen and oxygen atoms in total. The lowest BCUT2D eigenvalue weighted by atomic mass is 9.74. The van der Waals surface area contributed by atoms with Gasteiger partial charge in [-0.2, -0.15) is 0 Å². The second-order valence-electron chi connectivity index (χ2n) is 9.18. The predicted molar refractivity (Wildman–Crippen MR) is 136 cm³/mol. The van der Waals surface area contributed by atoms with Gasteiger partial charge in [-0.25, -0.2) is 4.79 Å². The molecule has 4 rings (SSSR count). The molecule has 0 bridgehead atoms. The summed E-state index contributed by atoms with van der Waals surface area (Å²) in [5, 5.41) is 11.7. The van der Waals surface area contributed by atoms with Crippen molar-refractivity contribution < 1.29 is 43.1 Å². The molecule has 37 heavy (non-hydrogen) atoms. The van der Waals surface area contributed by atoms with Gasteiger partial charge >= 0.3 is 5.97 Å². The highest BCUT2D eigenvalue weighted by molar-refractivity contribution is 5.90. The Morgan fingerprint density at radius 1 is 0.919 bits per heavy atom. The van der Waals surface area contributed by atoms with Crippen LogP contribution in [0.3, 0.4) is 0 Å². The molecule has 0 spiro atoms. The van der Waals surface area contributed by atoms with E-state index in [0.29, 0.717) is 62.3 Å². The lowest BCUT2D eigenvalue weighted by Gasteiger charge is -2.37. The van der Waals surface area contributed by atoms with Crippen molar-refractivity contribution in [3.8, 4) is 45.6 Å². The monoisotopic (exact) mass is 514 g/mol. The number of aliphatic hydroxyl groups is 1. The van der Waals surface area contributed by atoms with E-state index in [-0.39, 0.29) is 18.6 Å². The zero-order chi connectivity index (χ0) is 27.0. The fraction of sp³-hybridized carbons (Fsp3) is 0.464. The van der Waals surface area contributed by atoms with E-state index in [4.69, 9.17) is 33.2 Å². The Morgan fingerprint density at radius 2 is 1.57 bits per heavy atom. The summed E-state index contributed by atoms with van der Waals surface area (Å²) in [7, 11) is 6.08. The zero-order valence-corrected chi connectivity index (χ0v) is 22.5. The molecule has 0 aromatic heterocycles. The van der Waals surface area contributed by atoms with Crippen molar-refractivity contribution in [2.24, 2.45) is 11.8 Å². The SMILES string of the molecule is CC=C(C)C(=O)O[C@H]1c2cc(OC)c(OC)c(OC)c2-c2c(cc3c(c2OC)OCO3)[C@@H](O)[C@H](C)[C@@H]1C. The van der Waals surface area contributed by atoms with Gasteiger partial charge in [0, 0.05) is 28.2 Å². The number of esters is 1. The van der Waals surface area contributed by atoms with E-state index in [0.717, 1.165) is 0 Å². The van der Waals surface area contributed by atoms with E-state index in [1.165, 1.54) is 28.4 Å². The molecule has 9 heteroatoms. The van der Waals surface area contributed by atoms with Crippen molar-refractivity contribution in [2.75, 3.05) is 35.2 Å². The molecule has 4 atom stereocenters. The molecular weight excluding hydrogens is 480 g/mol. The third-order valence-electron chi connectivity index (χ3n) is 7.38. The van der Waals surface area contributed by atoms with Gasteiger partial charge in [0.2, 0.25) is 18.3 Å². The first kappa shape index (κ1) is 26.5. The third-order valence-corrected chi connectivity index (χ3v) is 7.38. The Bertz CT molecular complexity index is 1230. The maximum absolute atomic E-state index is 13.0. The van der Waals surface area contributed by atoms with Crippen molar-refractivity contribution in [1.29, 1.82) is 0 Å². The van der Waals surface area contributed by atoms with Gasteiger partial charge in [-0.05, 0) is 37.5 Å². The van der Waals surface area contributed by atoms with Gasteiger partial charge in [0.15, 0.2) is 23.0 Å². The van der Waals surface area contributed by atoms with Crippen molar-refractivity contribution >= 4 is 5.97 Å². The Hall–Kier alpha value is -3.59. The van der Waals surface area contributed by atoms with Crippen LogP contribution in [0.2, 0.25) is 0 Å². The summed E-state index contributed by atoms with van der Waals surface area (Å²) in [6.07, 6.45) is -0.0223. The molecular formula is C28H34O9. The van der Waals surface area contributed by atoms with Crippen LogP contribution in [0.25, 0.3) is 11.1 Å². The van der Waals surface area contributed by atoms with Crippen LogP contribution in [0.15, 0.2) is 23.8 Å². The van der Waals surface area contributed by atoms with Crippen LogP contribution in [0, 0.1) is 11.8 Å². The molecule has 0 fully saturated rings. The molecule has 0 amide bonds. The molecule has 200 valence electrons. The number of allylic oxidation sites excluding steroid dienone is 1. The standard InChI is InChI=1S/C28H34O9/c1-9-13(2)28(30)37-23-15(4)14(3)22(29)16-10-19-25(36-12-35-19)27(34-8)20(16)21-17(23)11-18(31-5)24(32-6)26(21)33-7/h9-11,14-15,22-23,29H,12H2,1-8H3/t14-,15+,22+,23-/m1/s1. The summed E-state index contributed by atoms with van der Waals surface area (Å²) in [6.45, 7) is 7.36. The van der Waals surface area contributed by atoms with Crippen LogP contribution < -0.4 is 28.4 Å². The molecule has 1 aliphatic carbocycles. The first-order chi connectivity index (χ1) is 17.7. The highest BCUT2D eigenvalue weighted by Crippen LogP contribution is 2.60. The highest BCUT2D eigenvalue weighted by Gasteiger charge is 2.42. The van der Waals surface area contributed by atoms with Crippen LogP contribution in [0.4, 0.5) is 0 Å². The molecule has 2 aliphatic rings. The second kappa shape index (κ2) is 10.4. The molecule has 0 radical (unpaired) electrons. The van der Waals surface area contributed by atoms with Gasteiger partial charge in [-0.1, -0.05) is 19.9 Å². The molecule has 1 heterocycles. The number of hydrogen-bond acceptors (Lipinski definition) is 9. The first-order valence-corrected chi connectivity index (χ1v) is 12.1. The van der Waals surface area contributed by atoms with Crippen LogP contribution >= 0.6 is 0 Å². The Kier molecular flexibility index (Phi) is 7.45. The van der Waals surface area contributed by atoms with E-state index in [1.54, 1.807) is 32.1 Å². The summed E-state index contributed by atoms with van der Waals surface area (Å²) in [5.41, 5.74) is 2.74. The molecule has 2 aromatic carbocycles. The van der Waals surface area contributed by atoms with Crippen LogP contribution in [0.5, 0.6) is 34.5 Å². The Labute approximate surface area is 216 Å². The summed E-state index contributed by atoms with van der Waals surface area (Å²) in [4.78, 5) is 13.0. The Morgan fingerprint density at radius 3 is 2.16 bits per heavy atom. The number of carbonyl (C=O) groups excluding carboxylic acids is 1. The van der Waals surface area contributed by atoms with E-state index in [1.807, 2.05) is 13.8 Å². The van der Waals surface area contributed by atoms with Gasteiger partial charge in [-0.15, -0.1) is 0 Å². The Balaban J connectivity index is 2.17. The number of hydrogen-bond donors (Lipinski definition) is 1. The number of carbonyl (C=O) groups is 1. The number of benzene rings is 2. The first-order valence-electron chi connectivity index (χ1n) is 12.1. The summed E-state index contributed by atoms with van der Waals surface area (Å²) < 4.78 is 40.7. The second-order valence-corrected chi connectivity index (χ2v) is 9.18.